The average Bonchev–Trinajstić information content (AvgIpc) is 2.03. The van der Waals surface area contributed by atoms with E-state index in [1.807, 2.05) is 6.92 Å². The molecule has 0 aliphatic carbocycles. The normalized spacial score (nSPS) is 9.55. The van der Waals surface area contributed by atoms with Crippen LogP contribution in [0.5, 0.6) is 0 Å². The molecule has 0 spiro atoms. The lowest BCUT2D eigenvalue weighted by Gasteiger charge is -2.05. The Hall–Kier alpha value is -1.29. The molecule has 4 heteroatoms. The van der Waals surface area contributed by atoms with E-state index < -0.39 is 0 Å². The molecule has 0 aromatic carbocycles. The highest BCUT2D eigenvalue weighted by Crippen LogP contribution is 2.11. The summed E-state index contributed by atoms with van der Waals surface area (Å²) >= 11 is 0. The molecule has 1 aromatic heterocycles. The highest BCUT2D eigenvalue weighted by Gasteiger charge is 1.95. The second kappa shape index (κ2) is 3.78. The van der Waals surface area contributed by atoms with Crippen LogP contribution in [-0.4, -0.2) is 11.6 Å². The van der Waals surface area contributed by atoms with Crippen molar-refractivity contribution in [2.24, 2.45) is 0 Å². The molecular formula is C7H11N3O. The third-order valence-corrected chi connectivity index (χ3v) is 1.15. The molecule has 0 saturated heterocycles. The number of rotatable bonds is 3. The van der Waals surface area contributed by atoms with Crippen molar-refractivity contribution in [2.75, 3.05) is 17.8 Å². The zero-order valence-electron chi connectivity index (χ0n) is 6.37. The smallest absolute Gasteiger partial charge is 0.173 e. The molecule has 1 rings (SSSR count). The van der Waals surface area contributed by atoms with Gasteiger partial charge in [-0.25, -0.2) is 10.5 Å². The SMILES string of the molecule is CCONc1ncccc1N. The van der Waals surface area contributed by atoms with Crippen LogP contribution >= 0.6 is 0 Å². The third-order valence-electron chi connectivity index (χ3n) is 1.15. The van der Waals surface area contributed by atoms with Gasteiger partial charge in [-0.05, 0) is 19.1 Å². The number of hydrogen-bond donors (Lipinski definition) is 2. The highest BCUT2D eigenvalue weighted by molar-refractivity contribution is 5.58. The molecule has 0 bridgehead atoms. The maximum absolute atomic E-state index is 5.56. The number of anilines is 2. The van der Waals surface area contributed by atoms with Crippen LogP contribution in [0.3, 0.4) is 0 Å². The zero-order chi connectivity index (χ0) is 8.10. The average molecular weight is 153 g/mol. The lowest BCUT2D eigenvalue weighted by atomic mass is 10.4. The van der Waals surface area contributed by atoms with Gasteiger partial charge in [-0.3, -0.25) is 4.84 Å². The van der Waals surface area contributed by atoms with Crippen molar-refractivity contribution in [1.82, 2.24) is 4.98 Å². The second-order valence-corrected chi connectivity index (χ2v) is 1.98. The van der Waals surface area contributed by atoms with Crippen LogP contribution in [0.2, 0.25) is 0 Å². The summed E-state index contributed by atoms with van der Waals surface area (Å²) < 4.78 is 0. The zero-order valence-corrected chi connectivity index (χ0v) is 6.37. The lowest BCUT2D eigenvalue weighted by molar-refractivity contribution is 0.209. The van der Waals surface area contributed by atoms with Crippen molar-refractivity contribution in [2.45, 2.75) is 6.92 Å². The summed E-state index contributed by atoms with van der Waals surface area (Å²) in [5.41, 5.74) is 8.77. The van der Waals surface area contributed by atoms with E-state index in [0.29, 0.717) is 18.1 Å². The number of hydrogen-bond acceptors (Lipinski definition) is 4. The van der Waals surface area contributed by atoms with Crippen molar-refractivity contribution in [3.05, 3.63) is 18.3 Å². The highest BCUT2D eigenvalue weighted by atomic mass is 16.6. The Morgan fingerprint density at radius 1 is 1.73 bits per heavy atom. The van der Waals surface area contributed by atoms with E-state index >= 15 is 0 Å². The molecule has 0 saturated carbocycles. The van der Waals surface area contributed by atoms with E-state index in [0.717, 1.165) is 0 Å². The van der Waals surface area contributed by atoms with Gasteiger partial charge in [-0.15, -0.1) is 0 Å². The number of nitrogens with one attached hydrogen (secondary N) is 1. The van der Waals surface area contributed by atoms with Gasteiger partial charge in [-0.1, -0.05) is 0 Å². The first-order valence-electron chi connectivity index (χ1n) is 3.43. The van der Waals surface area contributed by atoms with Gasteiger partial charge in [0, 0.05) is 6.20 Å². The Morgan fingerprint density at radius 2 is 2.55 bits per heavy atom. The van der Waals surface area contributed by atoms with Crippen molar-refractivity contribution >= 4 is 11.5 Å². The maximum atomic E-state index is 5.56. The van der Waals surface area contributed by atoms with E-state index in [4.69, 9.17) is 10.6 Å². The van der Waals surface area contributed by atoms with Crippen molar-refractivity contribution in [1.29, 1.82) is 0 Å². The van der Waals surface area contributed by atoms with Crippen LogP contribution in [-0.2, 0) is 4.84 Å². The Bertz CT molecular complexity index is 227. The summed E-state index contributed by atoms with van der Waals surface area (Å²) in [6, 6.07) is 3.53. The molecule has 1 aromatic rings. The number of pyridine rings is 1. The first-order chi connectivity index (χ1) is 5.34. The summed E-state index contributed by atoms with van der Waals surface area (Å²) in [6.45, 7) is 2.46. The molecule has 60 valence electrons. The molecule has 0 unspecified atom stereocenters. The summed E-state index contributed by atoms with van der Waals surface area (Å²) in [5, 5.41) is 0. The van der Waals surface area contributed by atoms with Crippen molar-refractivity contribution < 1.29 is 4.84 Å². The predicted octanol–water partition coefficient (Wildman–Crippen LogP) is 1.03. The minimum atomic E-state index is 0.564. The van der Waals surface area contributed by atoms with Crippen LogP contribution in [0.25, 0.3) is 0 Å². The van der Waals surface area contributed by atoms with Crippen LogP contribution in [0.4, 0.5) is 11.5 Å². The van der Waals surface area contributed by atoms with E-state index in [1.54, 1.807) is 18.3 Å². The molecule has 0 aliphatic heterocycles. The summed E-state index contributed by atoms with van der Waals surface area (Å²) in [7, 11) is 0. The van der Waals surface area contributed by atoms with Crippen molar-refractivity contribution in [3.8, 4) is 0 Å². The van der Waals surface area contributed by atoms with E-state index in [9.17, 15) is 0 Å². The minimum absolute atomic E-state index is 0.564. The van der Waals surface area contributed by atoms with Crippen molar-refractivity contribution in [3.63, 3.8) is 0 Å². The van der Waals surface area contributed by atoms with Crippen LogP contribution < -0.4 is 11.2 Å². The molecular weight excluding hydrogens is 142 g/mol. The lowest BCUT2D eigenvalue weighted by Crippen LogP contribution is -2.04. The summed E-state index contributed by atoms with van der Waals surface area (Å²) in [4.78, 5) is 8.86. The van der Waals surface area contributed by atoms with E-state index in [2.05, 4.69) is 10.5 Å². The Labute approximate surface area is 65.3 Å². The van der Waals surface area contributed by atoms with Gasteiger partial charge in [0.25, 0.3) is 0 Å². The number of nitrogens with two attached hydrogens (primary N) is 1. The minimum Gasteiger partial charge on any atom is -0.396 e. The van der Waals surface area contributed by atoms with Gasteiger partial charge < -0.3 is 5.73 Å². The monoisotopic (exact) mass is 153 g/mol. The second-order valence-electron chi connectivity index (χ2n) is 1.98. The Balaban J connectivity index is 2.62. The van der Waals surface area contributed by atoms with Gasteiger partial charge >= 0.3 is 0 Å². The molecule has 4 nitrogen and oxygen atoms in total. The van der Waals surface area contributed by atoms with Gasteiger partial charge in [0.1, 0.15) is 0 Å². The first kappa shape index (κ1) is 7.81. The van der Waals surface area contributed by atoms with Crippen LogP contribution in [0.15, 0.2) is 18.3 Å². The molecule has 11 heavy (non-hydrogen) atoms. The van der Waals surface area contributed by atoms with E-state index in [-0.39, 0.29) is 0 Å². The first-order valence-corrected chi connectivity index (χ1v) is 3.43. The topological polar surface area (TPSA) is 60.2 Å². The summed E-state index contributed by atoms with van der Waals surface area (Å²) in [5.74, 6) is 0.564. The Kier molecular flexibility index (Phi) is 2.68. The Morgan fingerprint density at radius 3 is 3.18 bits per heavy atom. The number of nitrogens with zero attached hydrogens (tertiary/aromatic N) is 1. The fourth-order valence-electron chi connectivity index (χ4n) is 0.644. The predicted molar refractivity (Wildman–Crippen MR) is 43.9 cm³/mol. The number of aromatic nitrogens is 1. The van der Waals surface area contributed by atoms with Crippen LogP contribution in [0, 0.1) is 0 Å². The third kappa shape index (κ3) is 2.09. The largest absolute Gasteiger partial charge is 0.396 e. The molecule has 3 N–H and O–H groups in total. The van der Waals surface area contributed by atoms with E-state index in [1.165, 1.54) is 0 Å². The van der Waals surface area contributed by atoms with Gasteiger partial charge in [-0.2, -0.15) is 0 Å². The molecule has 0 aliphatic rings. The fourth-order valence-corrected chi connectivity index (χ4v) is 0.644. The quantitative estimate of drug-likeness (QED) is 0.636. The molecule has 0 amide bonds. The van der Waals surface area contributed by atoms with Gasteiger partial charge in [0.05, 0.1) is 12.3 Å². The fraction of sp³-hybridized carbons (Fsp3) is 0.286. The molecule has 1 heterocycles. The maximum Gasteiger partial charge on any atom is 0.173 e. The number of nitrogen functional groups attached to an aromatic ring is 1. The van der Waals surface area contributed by atoms with Gasteiger partial charge in [0.15, 0.2) is 5.82 Å². The van der Waals surface area contributed by atoms with Gasteiger partial charge in [0.2, 0.25) is 0 Å². The molecule has 0 radical (unpaired) electrons. The standard InChI is InChI=1S/C7H11N3O/c1-2-11-10-7-6(8)4-3-5-9-7/h3-5H,2,8H2,1H3,(H,9,10). The van der Waals surface area contributed by atoms with Crippen LogP contribution in [0.1, 0.15) is 6.92 Å². The molecule has 0 atom stereocenters. The molecule has 0 fully saturated rings. The summed E-state index contributed by atoms with van der Waals surface area (Å²) in [6.07, 6.45) is 1.65.